The van der Waals surface area contributed by atoms with Gasteiger partial charge in [-0.1, -0.05) is 26.7 Å². The van der Waals surface area contributed by atoms with E-state index >= 15 is 0 Å². The van der Waals surface area contributed by atoms with Crippen LogP contribution in [0.1, 0.15) is 64.1 Å². The summed E-state index contributed by atoms with van der Waals surface area (Å²) in [6, 6.07) is 0. The van der Waals surface area contributed by atoms with Crippen LogP contribution in [0.3, 0.4) is 0 Å². The molecule has 2 atom stereocenters. The standard InChI is InChI=1S/C18H26N4O4/c1-3-9-21-15-13(16(23)22(10-4-2)18(21)26)19-14(20-15)11-7-5-6-8-12(11)17(24)25/h11-12H,3-10H2,1-2H3,(H,19,20)(H,24,25). The molecule has 0 spiro atoms. The topological polar surface area (TPSA) is 110 Å². The van der Waals surface area contributed by atoms with Crippen LogP contribution in [0.15, 0.2) is 9.59 Å². The summed E-state index contributed by atoms with van der Waals surface area (Å²) in [4.78, 5) is 44.7. The number of hydrogen-bond donors (Lipinski definition) is 2. The number of aromatic amines is 1. The summed E-state index contributed by atoms with van der Waals surface area (Å²) in [7, 11) is 0. The number of aryl methyl sites for hydroxylation is 1. The Morgan fingerprint density at radius 1 is 1.15 bits per heavy atom. The number of rotatable bonds is 6. The lowest BCUT2D eigenvalue weighted by Crippen LogP contribution is -2.40. The van der Waals surface area contributed by atoms with Gasteiger partial charge in [-0.15, -0.1) is 0 Å². The van der Waals surface area contributed by atoms with Crippen LogP contribution in [-0.2, 0) is 17.9 Å². The highest BCUT2D eigenvalue weighted by atomic mass is 16.4. The fourth-order valence-electron chi connectivity index (χ4n) is 3.96. The molecule has 2 heterocycles. The first-order chi connectivity index (χ1) is 12.5. The number of nitrogens with zero attached hydrogens (tertiary/aromatic N) is 3. The monoisotopic (exact) mass is 362 g/mol. The highest BCUT2D eigenvalue weighted by molar-refractivity contribution is 5.73. The van der Waals surface area contributed by atoms with Crippen molar-refractivity contribution in [3.63, 3.8) is 0 Å². The molecule has 26 heavy (non-hydrogen) atoms. The molecule has 0 saturated heterocycles. The molecule has 0 aliphatic heterocycles. The summed E-state index contributed by atoms with van der Waals surface area (Å²) in [5, 5.41) is 9.53. The number of nitrogens with one attached hydrogen (secondary N) is 1. The minimum atomic E-state index is -0.829. The number of H-pyrrole nitrogens is 1. The smallest absolute Gasteiger partial charge is 0.332 e. The minimum Gasteiger partial charge on any atom is -0.481 e. The van der Waals surface area contributed by atoms with Gasteiger partial charge in [0.15, 0.2) is 5.65 Å². The van der Waals surface area contributed by atoms with Crippen molar-refractivity contribution >= 4 is 17.1 Å². The second-order valence-corrected chi connectivity index (χ2v) is 7.05. The average molecular weight is 362 g/mol. The summed E-state index contributed by atoms with van der Waals surface area (Å²) < 4.78 is 2.78. The third kappa shape index (κ3) is 3.08. The molecule has 2 unspecified atom stereocenters. The highest BCUT2D eigenvalue weighted by Crippen LogP contribution is 2.37. The number of carbonyl (C=O) groups is 1. The second kappa shape index (κ2) is 7.47. The summed E-state index contributed by atoms with van der Waals surface area (Å²) in [5.74, 6) is -1.07. The van der Waals surface area contributed by atoms with Crippen molar-refractivity contribution in [3.05, 3.63) is 26.7 Å². The largest absolute Gasteiger partial charge is 0.481 e. The molecule has 0 bridgehead atoms. The van der Waals surface area contributed by atoms with Gasteiger partial charge in [0, 0.05) is 19.0 Å². The number of fused-ring (bicyclic) bond motifs is 1. The molecule has 2 N–H and O–H groups in total. The number of imidazole rings is 1. The Hall–Kier alpha value is -2.38. The van der Waals surface area contributed by atoms with E-state index in [-0.39, 0.29) is 17.2 Å². The fraction of sp³-hybridized carbons (Fsp3) is 0.667. The van der Waals surface area contributed by atoms with Gasteiger partial charge >= 0.3 is 11.7 Å². The molecular formula is C18H26N4O4. The zero-order valence-corrected chi connectivity index (χ0v) is 15.3. The van der Waals surface area contributed by atoms with Gasteiger partial charge < -0.3 is 10.1 Å². The molecule has 3 rings (SSSR count). The van der Waals surface area contributed by atoms with Crippen LogP contribution in [-0.4, -0.2) is 30.2 Å². The van der Waals surface area contributed by atoms with E-state index in [1.807, 2.05) is 13.8 Å². The van der Waals surface area contributed by atoms with Crippen molar-refractivity contribution < 1.29 is 9.90 Å². The summed E-state index contributed by atoms with van der Waals surface area (Å²) in [6.07, 6.45) is 4.57. The molecular weight excluding hydrogens is 336 g/mol. The third-order valence-electron chi connectivity index (χ3n) is 5.21. The number of aliphatic carboxylic acids is 1. The zero-order chi connectivity index (χ0) is 18.8. The Kier molecular flexibility index (Phi) is 5.29. The van der Waals surface area contributed by atoms with Crippen LogP contribution in [0, 0.1) is 5.92 Å². The molecule has 0 aromatic carbocycles. The van der Waals surface area contributed by atoms with Gasteiger partial charge in [0.1, 0.15) is 11.3 Å². The Morgan fingerprint density at radius 3 is 2.46 bits per heavy atom. The van der Waals surface area contributed by atoms with Gasteiger partial charge in [-0.2, -0.15) is 0 Å². The summed E-state index contributed by atoms with van der Waals surface area (Å²) in [6.45, 7) is 4.70. The van der Waals surface area contributed by atoms with Crippen molar-refractivity contribution in [1.82, 2.24) is 19.1 Å². The maximum Gasteiger partial charge on any atom is 0.332 e. The highest BCUT2D eigenvalue weighted by Gasteiger charge is 2.34. The van der Waals surface area contributed by atoms with Gasteiger partial charge in [-0.25, -0.2) is 9.78 Å². The van der Waals surface area contributed by atoms with E-state index in [4.69, 9.17) is 0 Å². The van der Waals surface area contributed by atoms with Crippen molar-refractivity contribution in [2.75, 3.05) is 0 Å². The minimum absolute atomic E-state index is 0.252. The predicted molar refractivity (Wildman–Crippen MR) is 97.5 cm³/mol. The molecule has 2 aromatic heterocycles. The van der Waals surface area contributed by atoms with Gasteiger partial charge in [-0.05, 0) is 25.7 Å². The zero-order valence-electron chi connectivity index (χ0n) is 15.3. The lowest BCUT2D eigenvalue weighted by molar-refractivity contribution is -0.143. The van der Waals surface area contributed by atoms with Crippen LogP contribution < -0.4 is 11.2 Å². The maximum absolute atomic E-state index is 12.8. The molecule has 0 amide bonds. The van der Waals surface area contributed by atoms with E-state index < -0.39 is 11.9 Å². The van der Waals surface area contributed by atoms with Crippen LogP contribution >= 0.6 is 0 Å². The summed E-state index contributed by atoms with van der Waals surface area (Å²) >= 11 is 0. The van der Waals surface area contributed by atoms with E-state index in [1.165, 1.54) is 9.13 Å². The SMILES string of the molecule is CCCn1c(=O)c2[nH]c(C3CCCCC3C(=O)O)nc2n(CCC)c1=O. The Balaban J connectivity index is 2.20. The van der Waals surface area contributed by atoms with Crippen LogP contribution in [0.5, 0.6) is 0 Å². The molecule has 0 radical (unpaired) electrons. The first kappa shape index (κ1) is 18.4. The van der Waals surface area contributed by atoms with E-state index in [9.17, 15) is 19.5 Å². The molecule has 2 aromatic rings. The van der Waals surface area contributed by atoms with E-state index in [2.05, 4.69) is 9.97 Å². The maximum atomic E-state index is 12.8. The Morgan fingerprint density at radius 2 is 1.81 bits per heavy atom. The third-order valence-corrected chi connectivity index (χ3v) is 5.21. The van der Waals surface area contributed by atoms with Gasteiger partial charge in [0.2, 0.25) is 0 Å². The van der Waals surface area contributed by atoms with Gasteiger partial charge in [0.05, 0.1) is 5.92 Å². The lowest BCUT2D eigenvalue weighted by atomic mass is 9.79. The van der Waals surface area contributed by atoms with Crippen LogP contribution in [0.25, 0.3) is 11.2 Å². The van der Waals surface area contributed by atoms with Crippen molar-refractivity contribution in [2.45, 2.75) is 71.4 Å². The van der Waals surface area contributed by atoms with Crippen molar-refractivity contribution in [3.8, 4) is 0 Å². The average Bonchev–Trinajstić information content (AvgIpc) is 3.07. The molecule has 8 heteroatoms. The lowest BCUT2D eigenvalue weighted by Gasteiger charge is -2.26. The number of hydrogen-bond acceptors (Lipinski definition) is 4. The normalized spacial score (nSPS) is 20.5. The molecule has 1 aliphatic rings. The first-order valence-corrected chi connectivity index (χ1v) is 9.45. The van der Waals surface area contributed by atoms with Crippen molar-refractivity contribution in [1.29, 1.82) is 0 Å². The van der Waals surface area contributed by atoms with Crippen LogP contribution in [0.4, 0.5) is 0 Å². The van der Waals surface area contributed by atoms with E-state index in [0.29, 0.717) is 42.9 Å². The summed E-state index contributed by atoms with van der Waals surface area (Å²) in [5.41, 5.74) is -0.0709. The van der Waals surface area contributed by atoms with E-state index in [1.54, 1.807) is 0 Å². The first-order valence-electron chi connectivity index (χ1n) is 9.45. The van der Waals surface area contributed by atoms with E-state index in [0.717, 1.165) is 25.7 Å². The molecule has 8 nitrogen and oxygen atoms in total. The van der Waals surface area contributed by atoms with Crippen LogP contribution in [0.2, 0.25) is 0 Å². The second-order valence-electron chi connectivity index (χ2n) is 7.05. The quantitative estimate of drug-likeness (QED) is 0.817. The predicted octanol–water partition coefficient (Wildman–Crippen LogP) is 2.06. The Labute approximate surface area is 150 Å². The number of carboxylic acid groups (broad SMARTS) is 1. The molecule has 1 aliphatic carbocycles. The van der Waals surface area contributed by atoms with Crippen molar-refractivity contribution in [2.24, 2.45) is 5.92 Å². The molecule has 1 fully saturated rings. The number of carboxylic acids is 1. The van der Waals surface area contributed by atoms with Gasteiger partial charge in [0.25, 0.3) is 5.56 Å². The molecule has 1 saturated carbocycles. The van der Waals surface area contributed by atoms with Gasteiger partial charge in [-0.3, -0.25) is 18.7 Å². The Bertz CT molecular complexity index is 924. The molecule has 142 valence electrons. The fourth-order valence-corrected chi connectivity index (χ4v) is 3.96. The number of aromatic nitrogens is 4.